The highest BCUT2D eigenvalue weighted by Gasteiger charge is 2.28. The minimum Gasteiger partial charge on any atom is -0.338 e. The Kier molecular flexibility index (Phi) is 5.86. The number of fused-ring (bicyclic) bond motifs is 1. The van der Waals surface area contributed by atoms with Gasteiger partial charge in [-0.05, 0) is 48.7 Å². The molecule has 8 nitrogen and oxygen atoms in total. The third kappa shape index (κ3) is 4.49. The van der Waals surface area contributed by atoms with E-state index in [0.717, 1.165) is 18.4 Å². The van der Waals surface area contributed by atoms with Crippen molar-refractivity contribution in [2.75, 3.05) is 13.1 Å². The topological polar surface area (TPSA) is 96.8 Å². The van der Waals surface area contributed by atoms with Gasteiger partial charge in [0.05, 0.1) is 6.54 Å². The minimum atomic E-state index is -0.342. The third-order valence-corrected chi connectivity index (χ3v) is 6.25. The van der Waals surface area contributed by atoms with E-state index in [2.05, 4.69) is 15.3 Å². The third-order valence-electron chi connectivity index (χ3n) is 5.78. The van der Waals surface area contributed by atoms with Crippen molar-refractivity contribution >= 4 is 40.3 Å². The van der Waals surface area contributed by atoms with Crippen LogP contribution < -0.4 is 5.56 Å². The van der Waals surface area contributed by atoms with E-state index in [0.29, 0.717) is 46.7 Å². The molecule has 0 spiro atoms. The molecule has 0 radical (unpaired) electrons. The largest absolute Gasteiger partial charge is 0.338 e. The van der Waals surface area contributed by atoms with Gasteiger partial charge in [-0.1, -0.05) is 46.6 Å². The number of hydrogen-bond donors (Lipinski definition) is 1. The Hall–Kier alpha value is -3.23. The summed E-state index contributed by atoms with van der Waals surface area (Å²) in [6.07, 6.45) is 1.61. The van der Waals surface area contributed by atoms with Crippen molar-refractivity contribution < 1.29 is 4.79 Å². The summed E-state index contributed by atoms with van der Waals surface area (Å²) in [7, 11) is 0. The standard InChI is InChI=1S/C23H20Cl2N6O2/c24-17-7-1-4-14(10-17)12-31-21-19(28-29-31)22(32)27-20(26-21)16-6-3-9-30(13-16)23(33)15-5-2-8-18(25)11-15/h1-2,4-5,7-8,10-11,16H,3,6,9,12-13H2,(H,26,27,32)/t16-/m1/s1. The SMILES string of the molecule is O=C(c1cccc(Cl)c1)N1CCC[C@@H](c2nc3c(nnn3Cc3cccc(Cl)c3)c(=O)[nH]2)C1. The molecule has 1 N–H and O–H groups in total. The molecule has 0 bridgehead atoms. The molecule has 0 aliphatic carbocycles. The molecule has 0 saturated carbocycles. The van der Waals surface area contributed by atoms with Crippen LogP contribution in [0, 0.1) is 0 Å². The molecule has 1 fully saturated rings. The summed E-state index contributed by atoms with van der Waals surface area (Å²) in [4.78, 5) is 35.0. The average Bonchev–Trinajstić information content (AvgIpc) is 3.22. The normalized spacial score (nSPS) is 16.3. The van der Waals surface area contributed by atoms with E-state index in [1.54, 1.807) is 39.9 Å². The monoisotopic (exact) mass is 482 g/mol. The second-order valence-corrected chi connectivity index (χ2v) is 8.97. The van der Waals surface area contributed by atoms with E-state index in [-0.39, 0.29) is 22.9 Å². The van der Waals surface area contributed by atoms with E-state index in [9.17, 15) is 9.59 Å². The maximum Gasteiger partial charge on any atom is 0.281 e. The number of H-pyrrole nitrogens is 1. The molecule has 1 aliphatic rings. The number of aromatic amines is 1. The molecule has 1 amide bonds. The first-order valence-electron chi connectivity index (χ1n) is 10.6. The van der Waals surface area contributed by atoms with Gasteiger partial charge in [0, 0.05) is 34.6 Å². The number of aromatic nitrogens is 5. The Bertz CT molecular complexity index is 1400. The Balaban J connectivity index is 1.43. The summed E-state index contributed by atoms with van der Waals surface area (Å²) in [6, 6.07) is 14.3. The molecule has 2 aromatic heterocycles. The van der Waals surface area contributed by atoms with Gasteiger partial charge in [0.2, 0.25) is 0 Å². The fraction of sp³-hybridized carbons (Fsp3) is 0.261. The van der Waals surface area contributed by atoms with Gasteiger partial charge in [0.25, 0.3) is 11.5 Å². The molecule has 1 atom stereocenters. The fourth-order valence-corrected chi connectivity index (χ4v) is 4.58. The molecule has 168 valence electrons. The van der Waals surface area contributed by atoms with Crippen molar-refractivity contribution in [3.8, 4) is 0 Å². The highest BCUT2D eigenvalue weighted by molar-refractivity contribution is 6.31. The van der Waals surface area contributed by atoms with Crippen LogP contribution in [-0.2, 0) is 6.54 Å². The number of rotatable bonds is 4. The van der Waals surface area contributed by atoms with Gasteiger partial charge in [-0.15, -0.1) is 5.10 Å². The molecule has 1 saturated heterocycles. The Morgan fingerprint density at radius 1 is 1.12 bits per heavy atom. The zero-order valence-electron chi connectivity index (χ0n) is 17.5. The lowest BCUT2D eigenvalue weighted by Gasteiger charge is -2.32. The van der Waals surface area contributed by atoms with Gasteiger partial charge in [-0.3, -0.25) is 9.59 Å². The van der Waals surface area contributed by atoms with E-state index >= 15 is 0 Å². The molecular weight excluding hydrogens is 463 g/mol. The number of piperidine rings is 1. The van der Waals surface area contributed by atoms with Gasteiger partial charge in [0.15, 0.2) is 11.2 Å². The molecule has 10 heteroatoms. The second kappa shape index (κ2) is 8.96. The Labute approximate surface area is 199 Å². The predicted octanol–water partition coefficient (Wildman–Crippen LogP) is 3.89. The molecule has 5 rings (SSSR count). The molecule has 33 heavy (non-hydrogen) atoms. The van der Waals surface area contributed by atoms with Crippen molar-refractivity contribution in [3.63, 3.8) is 0 Å². The van der Waals surface area contributed by atoms with Gasteiger partial charge in [0.1, 0.15) is 5.82 Å². The molecule has 0 unspecified atom stereocenters. The number of carbonyl (C=O) groups is 1. The van der Waals surface area contributed by atoms with Crippen molar-refractivity contribution in [2.45, 2.75) is 25.3 Å². The predicted molar refractivity (Wildman–Crippen MR) is 126 cm³/mol. The van der Waals surface area contributed by atoms with Crippen LogP contribution in [0.25, 0.3) is 11.2 Å². The fourth-order valence-electron chi connectivity index (χ4n) is 4.18. The first-order valence-corrected chi connectivity index (χ1v) is 11.4. The van der Waals surface area contributed by atoms with E-state index < -0.39 is 0 Å². The smallest absolute Gasteiger partial charge is 0.281 e. The van der Waals surface area contributed by atoms with Crippen LogP contribution in [0.2, 0.25) is 10.0 Å². The van der Waals surface area contributed by atoms with Gasteiger partial charge >= 0.3 is 0 Å². The molecule has 3 heterocycles. The highest BCUT2D eigenvalue weighted by atomic mass is 35.5. The number of carbonyl (C=O) groups excluding carboxylic acids is 1. The van der Waals surface area contributed by atoms with Crippen molar-refractivity contribution in [1.29, 1.82) is 0 Å². The number of benzene rings is 2. The molecule has 1 aliphatic heterocycles. The lowest BCUT2D eigenvalue weighted by Crippen LogP contribution is -2.40. The van der Waals surface area contributed by atoms with Crippen LogP contribution >= 0.6 is 23.2 Å². The summed E-state index contributed by atoms with van der Waals surface area (Å²) in [5.41, 5.74) is 1.72. The van der Waals surface area contributed by atoms with Crippen LogP contribution in [0.5, 0.6) is 0 Å². The van der Waals surface area contributed by atoms with Crippen molar-refractivity contribution in [1.82, 2.24) is 29.9 Å². The number of nitrogens with zero attached hydrogens (tertiary/aromatic N) is 5. The Morgan fingerprint density at radius 3 is 2.70 bits per heavy atom. The molecule has 4 aromatic rings. The lowest BCUT2D eigenvalue weighted by molar-refractivity contribution is 0.0704. The van der Waals surface area contributed by atoms with Gasteiger partial charge in [-0.2, -0.15) is 0 Å². The number of amides is 1. The summed E-state index contributed by atoms with van der Waals surface area (Å²) < 4.78 is 1.59. The number of hydrogen-bond acceptors (Lipinski definition) is 5. The average molecular weight is 483 g/mol. The molecular formula is C23H20Cl2N6O2. The summed E-state index contributed by atoms with van der Waals surface area (Å²) in [6.45, 7) is 1.48. The van der Waals surface area contributed by atoms with Crippen LogP contribution in [0.3, 0.4) is 0 Å². The first-order chi connectivity index (χ1) is 16.0. The van der Waals surface area contributed by atoms with Crippen molar-refractivity contribution in [3.05, 3.63) is 85.9 Å². The van der Waals surface area contributed by atoms with Crippen LogP contribution in [0.4, 0.5) is 0 Å². The highest BCUT2D eigenvalue weighted by Crippen LogP contribution is 2.26. The Morgan fingerprint density at radius 2 is 1.91 bits per heavy atom. The van der Waals surface area contributed by atoms with E-state index in [1.165, 1.54) is 0 Å². The van der Waals surface area contributed by atoms with Crippen LogP contribution in [0.1, 0.15) is 40.5 Å². The van der Waals surface area contributed by atoms with Crippen LogP contribution in [-0.4, -0.2) is 48.9 Å². The van der Waals surface area contributed by atoms with Crippen molar-refractivity contribution in [2.24, 2.45) is 0 Å². The maximum absolute atomic E-state index is 13.0. The first kappa shape index (κ1) is 21.6. The number of halogens is 2. The molecule has 2 aromatic carbocycles. The zero-order chi connectivity index (χ0) is 22.9. The summed E-state index contributed by atoms with van der Waals surface area (Å²) in [5.74, 6) is 0.345. The quantitative estimate of drug-likeness (QED) is 0.475. The number of nitrogens with one attached hydrogen (secondary N) is 1. The second-order valence-electron chi connectivity index (χ2n) is 8.10. The maximum atomic E-state index is 13.0. The minimum absolute atomic E-state index is 0.0849. The summed E-state index contributed by atoms with van der Waals surface area (Å²) >= 11 is 12.1. The van der Waals surface area contributed by atoms with E-state index in [1.807, 2.05) is 18.2 Å². The van der Waals surface area contributed by atoms with Gasteiger partial charge < -0.3 is 9.88 Å². The number of likely N-dealkylation sites (tertiary alicyclic amines) is 1. The summed E-state index contributed by atoms with van der Waals surface area (Å²) in [5, 5.41) is 9.27. The lowest BCUT2D eigenvalue weighted by atomic mass is 9.96. The van der Waals surface area contributed by atoms with Crippen LogP contribution in [0.15, 0.2) is 53.3 Å². The van der Waals surface area contributed by atoms with E-state index in [4.69, 9.17) is 28.2 Å². The zero-order valence-corrected chi connectivity index (χ0v) is 19.1. The van der Waals surface area contributed by atoms with Gasteiger partial charge in [-0.25, -0.2) is 9.67 Å².